The average Bonchev–Trinajstić information content (AvgIpc) is 1.62. The molecule has 0 amide bonds. The Morgan fingerprint density at radius 3 is 1.10 bits per heavy atom. The van der Waals surface area contributed by atoms with Crippen molar-refractivity contribution in [3.8, 4) is 93.7 Å². The van der Waals surface area contributed by atoms with E-state index in [9.17, 15) is 4.39 Å². The Bertz CT molecular complexity index is 6900. The molecule has 0 bridgehead atoms. The summed E-state index contributed by atoms with van der Waals surface area (Å²) in [7, 11) is 10.4. The first-order chi connectivity index (χ1) is 57.9. The van der Waals surface area contributed by atoms with E-state index < -0.39 is 5.89 Å². The molecule has 0 saturated carbocycles. The van der Waals surface area contributed by atoms with Crippen molar-refractivity contribution in [1.82, 2.24) is 24.5 Å². The van der Waals surface area contributed by atoms with Crippen molar-refractivity contribution < 1.29 is 28.6 Å². The second-order valence-electron chi connectivity index (χ2n) is 31.2. The van der Waals surface area contributed by atoms with Gasteiger partial charge in [-0.2, -0.15) is 22.8 Å². The van der Waals surface area contributed by atoms with Gasteiger partial charge < -0.3 is 4.57 Å². The van der Waals surface area contributed by atoms with Gasteiger partial charge in [-0.3, -0.25) is 0 Å². The summed E-state index contributed by atoms with van der Waals surface area (Å²) in [5.41, 5.74) is 32.3. The van der Waals surface area contributed by atoms with Gasteiger partial charge in [-0.25, -0.2) is 24.3 Å². The highest BCUT2D eigenvalue weighted by atomic mass is 32.1. The third-order valence-corrected chi connectivity index (χ3v) is 26.3. The van der Waals surface area contributed by atoms with Crippen LogP contribution in [0.2, 0.25) is 0 Å². The second-order valence-corrected chi connectivity index (χ2v) is 35.3. The molecule has 0 fully saturated rings. The number of nitrogens with zero attached hydrogens (tertiary/aromatic N) is 10. The molecule has 119 heavy (non-hydrogen) atoms. The van der Waals surface area contributed by atoms with E-state index in [1.54, 1.807) is 46.1 Å². The van der Waals surface area contributed by atoms with Gasteiger partial charge in [0.25, 0.3) is 0 Å². The summed E-state index contributed by atoms with van der Waals surface area (Å²) in [6.45, 7) is 23.6. The van der Waals surface area contributed by atoms with Crippen LogP contribution in [0.4, 0.5) is 4.39 Å². The summed E-state index contributed by atoms with van der Waals surface area (Å²) in [5.74, 6) is 0.0304. The predicted octanol–water partition coefficient (Wildman–Crippen LogP) is 25.3. The van der Waals surface area contributed by atoms with Crippen molar-refractivity contribution in [2.45, 2.75) is 93.9 Å². The fraction of sp³-hybridized carbons (Fsp3) is 0.183. The summed E-state index contributed by atoms with van der Waals surface area (Å²) in [4.78, 5) is 19.8. The lowest BCUT2D eigenvalue weighted by Gasteiger charge is -2.17. The van der Waals surface area contributed by atoms with Gasteiger partial charge in [0.2, 0.25) is 34.0 Å². The molecule has 19 aromatic rings. The van der Waals surface area contributed by atoms with Gasteiger partial charge in [-0.05, 0) is 158 Å². The average molecular weight is 1640 g/mol. The Hall–Kier alpha value is -12.2. The van der Waals surface area contributed by atoms with Gasteiger partial charge in [-0.1, -0.05) is 199 Å². The summed E-state index contributed by atoms with van der Waals surface area (Å²) in [6, 6.07) is 91.5. The molecule has 10 nitrogen and oxygen atoms in total. The maximum atomic E-state index is 13.2. The van der Waals surface area contributed by atoms with Crippen molar-refractivity contribution in [2.75, 3.05) is 0 Å². The van der Waals surface area contributed by atoms with Gasteiger partial charge in [0.1, 0.15) is 61.6 Å². The summed E-state index contributed by atoms with van der Waals surface area (Å²) in [6.07, 6.45) is 10.6. The molecule has 0 aliphatic heterocycles. The maximum absolute atomic E-state index is 13.2. The molecule has 592 valence electrons. The van der Waals surface area contributed by atoms with Crippen LogP contribution in [0.15, 0.2) is 298 Å². The van der Waals surface area contributed by atoms with Gasteiger partial charge in [0.05, 0.1) is 46.1 Å². The Morgan fingerprint density at radius 2 is 0.697 bits per heavy atom. The van der Waals surface area contributed by atoms with Crippen LogP contribution in [0.3, 0.4) is 0 Å². The Morgan fingerprint density at radius 1 is 0.345 bits per heavy atom. The highest BCUT2D eigenvalue weighted by Crippen LogP contribution is 2.43. The number of pyridine rings is 5. The Labute approximate surface area is 715 Å². The smallest absolute Gasteiger partial charge is 0.239 e. The van der Waals surface area contributed by atoms with Crippen molar-refractivity contribution in [2.24, 2.45) is 35.2 Å². The zero-order valence-electron chi connectivity index (χ0n) is 71.4. The van der Waals surface area contributed by atoms with Crippen molar-refractivity contribution in [1.29, 1.82) is 0 Å². The van der Waals surface area contributed by atoms with E-state index in [-0.39, 0.29) is 5.82 Å². The monoisotopic (exact) mass is 1640 g/mol. The van der Waals surface area contributed by atoms with E-state index in [2.05, 4.69) is 366 Å². The van der Waals surface area contributed by atoms with Gasteiger partial charge in [0.15, 0.2) is 46.9 Å². The quantitative estimate of drug-likeness (QED) is 0.114. The fourth-order valence-corrected chi connectivity index (χ4v) is 19.4. The van der Waals surface area contributed by atoms with Crippen molar-refractivity contribution in [3.05, 3.63) is 348 Å². The number of hydrogen-bond acceptors (Lipinski definition) is 8. The summed E-state index contributed by atoms with van der Waals surface area (Å²) in [5, 5.41) is 3.97. The van der Waals surface area contributed by atoms with E-state index in [1.165, 1.54) is 133 Å². The number of fused-ring (bicyclic) bond motifs is 5. The SMILES string of the molecule is Cc1ccccc1-c1c2nc(-c3c(C(C)C)cccc3C(C)C)sc2cc[n+]1C.Cc1ccccc1-c1c2nc(-c3ccc(F)cc3)sc2cc[n+]1C.Cc1ccccc1-c1c2nc(-c3ccccc3)sc2cc[n+]1C.Cc1ccccc1-c1ccc2c(ccn2-c2ccccc2)[n+]1C.[2H]C(C)(C)c1nc2c(-c3ccccc3C)[n+](C)ccc2s1. The molecule has 0 aliphatic carbocycles. The van der Waals surface area contributed by atoms with Crippen LogP contribution >= 0.6 is 45.3 Å². The standard InChI is InChI=1S/C26H29N2S.C21H19N2.C20H16FN2S.C20H17N2S.C17H19N2S/c1-16(2)19-12-9-13-20(17(3)4)23(19)26-27-24-22(29-26)14-15-28(6)25(24)21-11-8-7-10-18(21)5;1-16-8-6-7-11-18(16)19-12-13-21-20(22(19)2)14-15-23(21)17-9-4-3-5-10-17;1-13-5-3-4-6-16(13)19-18-17(11-12-23(19)2)24-20(22-18)14-7-9-15(21)10-8-14;1-14-8-6-7-11-16(14)19-18-17(12-13-22(19)2)23-20(21-18)15-9-4-3-5-10-15;1-11(2)17-18-15-14(20-17)9-10-19(4)16(15)13-8-6-5-7-12(13)3/h7-17H,1-6H3;3-15H,1-2H3;3-12H,1-2H3;3-13H,1-2H3;5-11H,1-4H3/q5*+1/i;;;;11D. The molecule has 0 atom stereocenters. The van der Waals surface area contributed by atoms with Crippen LogP contribution in [-0.4, -0.2) is 24.5 Å². The Kier molecular flexibility index (Phi) is 24.3. The van der Waals surface area contributed by atoms with Crippen LogP contribution in [0.5, 0.6) is 0 Å². The van der Waals surface area contributed by atoms with Crippen molar-refractivity contribution in [3.63, 3.8) is 0 Å². The normalized spacial score (nSPS) is 11.5. The minimum Gasteiger partial charge on any atom is -0.311 e. The molecule has 0 spiro atoms. The summed E-state index contributed by atoms with van der Waals surface area (Å²) >= 11 is 6.81. The van der Waals surface area contributed by atoms with Crippen LogP contribution in [0.1, 0.15) is 105 Å². The first kappa shape index (κ1) is 80.5. The fourth-order valence-electron chi connectivity index (χ4n) is 15.5. The molecule has 0 radical (unpaired) electrons. The minimum atomic E-state index is -0.661. The Balaban J connectivity index is 0.000000117. The number of aryl methyl sites for hydroxylation is 10. The molecule has 19 rings (SSSR count). The van der Waals surface area contributed by atoms with Crippen LogP contribution in [-0.2, 0) is 35.2 Å². The van der Waals surface area contributed by atoms with Crippen LogP contribution < -0.4 is 22.8 Å². The molecule has 0 N–H and O–H groups in total. The third kappa shape index (κ3) is 17.3. The molecule has 10 aromatic heterocycles. The second kappa shape index (κ2) is 35.9. The maximum Gasteiger partial charge on any atom is 0.239 e. The van der Waals surface area contributed by atoms with E-state index in [0.717, 1.165) is 68.4 Å². The number of hydrogen-bond donors (Lipinski definition) is 0. The lowest BCUT2D eigenvalue weighted by Crippen LogP contribution is -2.31. The van der Waals surface area contributed by atoms with Gasteiger partial charge >= 0.3 is 0 Å². The molecule has 9 aromatic carbocycles. The van der Waals surface area contributed by atoms with E-state index >= 15 is 0 Å². The highest BCUT2D eigenvalue weighted by Gasteiger charge is 2.28. The molecule has 15 heteroatoms. The first-order valence-electron chi connectivity index (χ1n) is 40.9. The molecular weight excluding hydrogens is 1540 g/mol. The topological polar surface area (TPSA) is 75.9 Å². The molecule has 0 saturated heterocycles. The number of benzene rings is 9. The van der Waals surface area contributed by atoms with Crippen molar-refractivity contribution >= 4 is 97.2 Å². The molecular formula is C104H100FN10S4+5. The molecule has 0 unspecified atom stereocenters. The van der Waals surface area contributed by atoms with Crippen LogP contribution in [0, 0.1) is 40.4 Å². The number of thiazole rings is 4. The first-order valence-corrected chi connectivity index (χ1v) is 43.6. The minimum absolute atomic E-state index is 0.230. The zero-order chi connectivity index (χ0) is 84.2. The highest BCUT2D eigenvalue weighted by molar-refractivity contribution is 7.22. The predicted molar refractivity (Wildman–Crippen MR) is 497 cm³/mol. The van der Waals surface area contributed by atoms with E-state index in [1.807, 2.05) is 57.5 Å². The van der Waals surface area contributed by atoms with E-state index in [4.69, 9.17) is 21.3 Å². The van der Waals surface area contributed by atoms with E-state index in [0.29, 0.717) is 11.8 Å². The lowest BCUT2D eigenvalue weighted by molar-refractivity contribution is -0.659. The summed E-state index contributed by atoms with van der Waals surface area (Å²) < 4.78 is 39.2. The number of para-hydroxylation sites is 1. The number of rotatable bonds is 12. The van der Waals surface area contributed by atoms with Crippen LogP contribution in [0.25, 0.3) is 146 Å². The largest absolute Gasteiger partial charge is 0.311 e. The lowest BCUT2D eigenvalue weighted by atomic mass is 9.89. The number of halogens is 1. The third-order valence-electron chi connectivity index (χ3n) is 21.9. The number of aromatic nitrogens is 10. The molecule has 0 aliphatic rings. The van der Waals surface area contributed by atoms with Gasteiger partial charge in [0, 0.05) is 77.8 Å². The molecule has 10 heterocycles. The van der Waals surface area contributed by atoms with Gasteiger partial charge in [-0.15, -0.1) is 45.3 Å². The zero-order valence-corrected chi connectivity index (χ0v) is 73.7.